The number of carbonyl (C=O) groups is 2. The van der Waals surface area contributed by atoms with E-state index in [1.54, 1.807) is 31.2 Å². The third-order valence-electron chi connectivity index (χ3n) is 7.07. The van der Waals surface area contributed by atoms with Crippen LogP contribution in [0.5, 0.6) is 0 Å². The van der Waals surface area contributed by atoms with Crippen molar-refractivity contribution in [3.8, 4) is 0 Å². The number of hydrogen-bond donors (Lipinski definition) is 1. The zero-order valence-corrected chi connectivity index (χ0v) is 21.5. The van der Waals surface area contributed by atoms with Gasteiger partial charge in [0.2, 0.25) is 0 Å². The number of imidazole rings is 1. The van der Waals surface area contributed by atoms with Crippen molar-refractivity contribution in [2.75, 3.05) is 6.54 Å². The molecule has 1 atom stereocenters. The lowest BCUT2D eigenvalue weighted by atomic mass is 10.1. The van der Waals surface area contributed by atoms with Crippen LogP contribution in [0.15, 0.2) is 30.5 Å². The summed E-state index contributed by atoms with van der Waals surface area (Å²) in [6.07, 6.45) is -3.64. The second kappa shape index (κ2) is 8.76. The van der Waals surface area contributed by atoms with E-state index in [-0.39, 0.29) is 44.0 Å². The van der Waals surface area contributed by atoms with Crippen LogP contribution in [0.25, 0.3) is 0 Å². The molecule has 1 aliphatic carbocycles. The summed E-state index contributed by atoms with van der Waals surface area (Å²) in [6, 6.07) is 6.34. The Balaban J connectivity index is 1.52. The maximum absolute atomic E-state index is 13.6. The SMILES string of the molecule is C[C@H]1Cn2c(cnc2C(=O)NCc2ccc(Cl)cc2)C(=O)N1CC1(S(=O)(=O)C(C)(C)C(F)(F)F)CC1. The van der Waals surface area contributed by atoms with Gasteiger partial charge < -0.3 is 14.8 Å². The summed E-state index contributed by atoms with van der Waals surface area (Å²) in [6.45, 7) is 2.99. The number of alkyl halides is 3. The first-order chi connectivity index (χ1) is 16.6. The number of fused-ring (bicyclic) bond motifs is 1. The van der Waals surface area contributed by atoms with Crippen molar-refractivity contribution in [1.29, 1.82) is 0 Å². The van der Waals surface area contributed by atoms with Crippen LogP contribution in [-0.2, 0) is 22.9 Å². The lowest BCUT2D eigenvalue weighted by molar-refractivity contribution is -0.153. The molecule has 1 aromatic carbocycles. The molecule has 2 aliphatic rings. The van der Waals surface area contributed by atoms with Crippen molar-refractivity contribution in [1.82, 2.24) is 19.8 Å². The van der Waals surface area contributed by atoms with E-state index in [0.29, 0.717) is 18.9 Å². The van der Waals surface area contributed by atoms with E-state index < -0.39 is 43.4 Å². The summed E-state index contributed by atoms with van der Waals surface area (Å²) in [5.74, 6) is -1.06. The Morgan fingerprint density at radius 2 is 1.83 bits per heavy atom. The molecule has 1 aliphatic heterocycles. The number of benzene rings is 1. The Hall–Kier alpha value is -2.60. The molecule has 0 saturated heterocycles. The molecule has 0 spiro atoms. The van der Waals surface area contributed by atoms with Gasteiger partial charge in [-0.3, -0.25) is 9.59 Å². The molecule has 1 aromatic heterocycles. The van der Waals surface area contributed by atoms with Crippen LogP contribution >= 0.6 is 11.6 Å². The summed E-state index contributed by atoms with van der Waals surface area (Å²) in [4.78, 5) is 31.4. The molecule has 196 valence electrons. The molecular weight excluding hydrogens is 521 g/mol. The maximum atomic E-state index is 13.6. The normalized spacial score (nSPS) is 19.7. The minimum absolute atomic E-state index is 0.0192. The Labute approximate surface area is 211 Å². The fourth-order valence-electron chi connectivity index (χ4n) is 4.37. The third-order valence-corrected chi connectivity index (χ3v) is 10.6. The monoisotopic (exact) mass is 546 g/mol. The molecule has 0 bridgehead atoms. The first-order valence-corrected chi connectivity index (χ1v) is 13.2. The van der Waals surface area contributed by atoms with Gasteiger partial charge in [-0.25, -0.2) is 13.4 Å². The molecule has 1 N–H and O–H groups in total. The second-order valence-corrected chi connectivity index (χ2v) is 13.2. The average molecular weight is 547 g/mol. The van der Waals surface area contributed by atoms with E-state index in [2.05, 4.69) is 10.3 Å². The highest BCUT2D eigenvalue weighted by atomic mass is 35.5. The predicted octanol–water partition coefficient (Wildman–Crippen LogP) is 3.60. The van der Waals surface area contributed by atoms with Crippen LogP contribution in [0, 0.1) is 0 Å². The Morgan fingerprint density at radius 1 is 1.22 bits per heavy atom. The molecule has 4 rings (SSSR count). The van der Waals surface area contributed by atoms with Crippen LogP contribution in [0.2, 0.25) is 5.02 Å². The molecule has 2 heterocycles. The highest BCUT2D eigenvalue weighted by Crippen LogP contribution is 2.53. The Bertz CT molecular complexity index is 1300. The van der Waals surface area contributed by atoms with Crippen molar-refractivity contribution in [2.24, 2.45) is 0 Å². The molecule has 0 radical (unpaired) electrons. The maximum Gasteiger partial charge on any atom is 0.407 e. The predicted molar refractivity (Wildman–Crippen MR) is 126 cm³/mol. The number of nitrogens with one attached hydrogen (secondary N) is 1. The molecular formula is C23H26ClF3N4O4S. The van der Waals surface area contributed by atoms with Gasteiger partial charge in [0.15, 0.2) is 20.4 Å². The van der Waals surface area contributed by atoms with Gasteiger partial charge in [0, 0.05) is 30.7 Å². The number of amides is 2. The molecule has 2 amide bonds. The van der Waals surface area contributed by atoms with Gasteiger partial charge in [-0.05, 0) is 51.3 Å². The van der Waals surface area contributed by atoms with Crippen LogP contribution in [-0.4, -0.2) is 62.9 Å². The van der Waals surface area contributed by atoms with Crippen LogP contribution in [0.1, 0.15) is 60.3 Å². The number of halogens is 4. The first kappa shape index (κ1) is 26.5. The zero-order chi connectivity index (χ0) is 26.7. The summed E-state index contributed by atoms with van der Waals surface area (Å²) >= 11 is 5.87. The summed E-state index contributed by atoms with van der Waals surface area (Å²) in [5.41, 5.74) is 0.888. The minimum atomic E-state index is -4.95. The Morgan fingerprint density at radius 3 is 2.39 bits per heavy atom. The molecule has 0 unspecified atom stereocenters. The first-order valence-electron chi connectivity index (χ1n) is 11.3. The van der Waals surface area contributed by atoms with Crippen molar-refractivity contribution in [2.45, 2.75) is 68.4 Å². The fourth-order valence-corrected chi connectivity index (χ4v) is 6.83. The second-order valence-electron chi connectivity index (χ2n) is 9.86. The standard InChI is InChI=1S/C23H26ClF3N4O4S/c1-14-12-30-17(11-28-18(30)19(32)29-10-15-4-6-16(24)7-5-15)20(33)31(14)13-22(8-9-22)36(34,35)21(2,3)23(25,26)27/h4-7,11,14H,8-10,12-13H2,1-3H3,(H,29,32)/t14-/m0/s1. The molecule has 1 fully saturated rings. The van der Waals surface area contributed by atoms with Gasteiger partial charge in [-0.2, -0.15) is 13.2 Å². The highest BCUT2D eigenvalue weighted by molar-refractivity contribution is 7.94. The van der Waals surface area contributed by atoms with Gasteiger partial charge in [0.25, 0.3) is 11.8 Å². The number of sulfone groups is 1. The third kappa shape index (κ3) is 4.27. The average Bonchev–Trinajstić information content (AvgIpc) is 3.47. The molecule has 1 saturated carbocycles. The molecule has 36 heavy (non-hydrogen) atoms. The molecule has 2 aromatic rings. The van der Waals surface area contributed by atoms with Crippen molar-refractivity contribution < 1.29 is 31.2 Å². The van der Waals surface area contributed by atoms with Crippen LogP contribution in [0.3, 0.4) is 0 Å². The van der Waals surface area contributed by atoms with Gasteiger partial charge in [0.1, 0.15) is 5.69 Å². The minimum Gasteiger partial charge on any atom is -0.345 e. The van der Waals surface area contributed by atoms with Crippen molar-refractivity contribution in [3.05, 3.63) is 52.6 Å². The molecule has 8 nitrogen and oxygen atoms in total. The van der Waals surface area contributed by atoms with E-state index in [1.807, 2.05) is 0 Å². The molecule has 13 heteroatoms. The van der Waals surface area contributed by atoms with Gasteiger partial charge in [-0.1, -0.05) is 23.7 Å². The lowest BCUT2D eigenvalue weighted by Gasteiger charge is -2.39. The largest absolute Gasteiger partial charge is 0.407 e. The van der Waals surface area contributed by atoms with E-state index in [4.69, 9.17) is 11.6 Å². The Kier molecular flexibility index (Phi) is 6.44. The number of nitrogens with zero attached hydrogens (tertiary/aromatic N) is 3. The van der Waals surface area contributed by atoms with Crippen LogP contribution < -0.4 is 5.32 Å². The van der Waals surface area contributed by atoms with E-state index in [0.717, 1.165) is 5.56 Å². The quantitative estimate of drug-likeness (QED) is 0.572. The number of hydrogen-bond acceptors (Lipinski definition) is 5. The smallest absolute Gasteiger partial charge is 0.345 e. The van der Waals surface area contributed by atoms with Crippen LogP contribution in [0.4, 0.5) is 13.2 Å². The topological polar surface area (TPSA) is 101 Å². The van der Waals surface area contributed by atoms with Gasteiger partial charge in [-0.15, -0.1) is 0 Å². The number of rotatable bonds is 7. The fraction of sp³-hybridized carbons (Fsp3) is 0.522. The lowest BCUT2D eigenvalue weighted by Crippen LogP contribution is -2.57. The van der Waals surface area contributed by atoms with E-state index in [9.17, 15) is 31.2 Å². The van der Waals surface area contributed by atoms with Crippen molar-refractivity contribution >= 4 is 33.3 Å². The number of carbonyl (C=O) groups excluding carboxylic acids is 2. The summed E-state index contributed by atoms with van der Waals surface area (Å²) in [7, 11) is -4.67. The number of aromatic nitrogens is 2. The highest BCUT2D eigenvalue weighted by Gasteiger charge is 2.68. The van der Waals surface area contributed by atoms with E-state index in [1.165, 1.54) is 15.7 Å². The van der Waals surface area contributed by atoms with E-state index >= 15 is 0 Å². The van der Waals surface area contributed by atoms with Crippen molar-refractivity contribution in [3.63, 3.8) is 0 Å². The van der Waals surface area contributed by atoms with Gasteiger partial charge >= 0.3 is 6.18 Å². The summed E-state index contributed by atoms with van der Waals surface area (Å²) in [5, 5.41) is 3.30. The summed E-state index contributed by atoms with van der Waals surface area (Å²) < 4.78 is 63.7. The van der Waals surface area contributed by atoms with Gasteiger partial charge in [0.05, 0.1) is 10.9 Å². The zero-order valence-electron chi connectivity index (χ0n) is 19.9.